The van der Waals surface area contributed by atoms with Crippen molar-refractivity contribution in [1.82, 2.24) is 4.98 Å². The molecule has 1 unspecified atom stereocenters. The molecule has 1 aromatic rings. The molecule has 0 aliphatic carbocycles. The topological polar surface area (TPSA) is 48.4 Å². The van der Waals surface area contributed by atoms with Crippen LogP contribution in [0.5, 0.6) is 5.75 Å². The van der Waals surface area contributed by atoms with Gasteiger partial charge in [-0.3, -0.25) is 9.78 Å². The molecule has 0 spiro atoms. The maximum Gasteiger partial charge on any atom is 0.314 e. The molecule has 1 heterocycles. The minimum Gasteiger partial charge on any atom is -0.495 e. The van der Waals surface area contributed by atoms with Crippen molar-refractivity contribution in [3.8, 4) is 5.75 Å². The molecule has 82 valence electrons. The van der Waals surface area contributed by atoms with E-state index < -0.39 is 5.92 Å². The third-order valence-electron chi connectivity index (χ3n) is 2.05. The number of pyridine rings is 1. The van der Waals surface area contributed by atoms with Crippen LogP contribution in [0.4, 0.5) is 0 Å². The van der Waals surface area contributed by atoms with Crippen molar-refractivity contribution in [2.75, 3.05) is 14.2 Å². The van der Waals surface area contributed by atoms with E-state index >= 15 is 0 Å². The molecule has 15 heavy (non-hydrogen) atoms. The summed E-state index contributed by atoms with van der Waals surface area (Å²) < 4.78 is 10.4. The summed E-state index contributed by atoms with van der Waals surface area (Å²) in [4.78, 5) is 15.4. The van der Waals surface area contributed by atoms with E-state index in [0.29, 0.717) is 11.4 Å². The molecule has 0 bridgehead atoms. The summed E-state index contributed by atoms with van der Waals surface area (Å²) in [5.74, 6) is -0.0636. The molecule has 0 radical (unpaired) electrons. The van der Waals surface area contributed by atoms with Crippen LogP contribution in [0.15, 0.2) is 16.7 Å². The number of ether oxygens (including phenoxy) is 2. The predicted octanol–water partition coefficient (Wildman–Crippen LogP) is 2.13. The number of esters is 1. The number of hydrogen-bond acceptors (Lipinski definition) is 4. The van der Waals surface area contributed by atoms with Gasteiger partial charge < -0.3 is 9.47 Å². The first kappa shape index (κ1) is 12.0. The van der Waals surface area contributed by atoms with E-state index in [4.69, 9.17) is 4.74 Å². The van der Waals surface area contributed by atoms with Gasteiger partial charge in [0.2, 0.25) is 0 Å². The molecule has 0 saturated carbocycles. The van der Waals surface area contributed by atoms with Crippen LogP contribution in [0.1, 0.15) is 18.5 Å². The zero-order valence-electron chi connectivity index (χ0n) is 8.78. The predicted molar refractivity (Wildman–Crippen MR) is 58.9 cm³/mol. The van der Waals surface area contributed by atoms with E-state index in [1.54, 1.807) is 26.3 Å². The zero-order valence-corrected chi connectivity index (χ0v) is 10.4. The van der Waals surface area contributed by atoms with Gasteiger partial charge in [0.05, 0.1) is 32.0 Å². The summed E-state index contributed by atoms with van der Waals surface area (Å²) in [5, 5.41) is 0. The van der Waals surface area contributed by atoms with E-state index in [1.807, 2.05) is 0 Å². The first-order chi connectivity index (χ1) is 7.10. The van der Waals surface area contributed by atoms with Crippen molar-refractivity contribution in [3.63, 3.8) is 0 Å². The molecular weight excluding hydrogens is 262 g/mol. The lowest BCUT2D eigenvalue weighted by Crippen LogP contribution is -2.12. The van der Waals surface area contributed by atoms with Crippen LogP contribution in [0.2, 0.25) is 0 Å². The average Bonchev–Trinajstić information content (AvgIpc) is 2.26. The van der Waals surface area contributed by atoms with Gasteiger partial charge in [0.15, 0.2) is 0 Å². The van der Waals surface area contributed by atoms with E-state index in [0.717, 1.165) is 4.47 Å². The summed E-state index contributed by atoms with van der Waals surface area (Å²) in [6, 6.07) is 1.77. The third kappa shape index (κ3) is 2.68. The van der Waals surface area contributed by atoms with Gasteiger partial charge in [-0.1, -0.05) is 0 Å². The smallest absolute Gasteiger partial charge is 0.314 e. The number of carbonyl (C=O) groups excluding carboxylic acids is 1. The van der Waals surface area contributed by atoms with Crippen LogP contribution in [-0.4, -0.2) is 25.2 Å². The largest absolute Gasteiger partial charge is 0.495 e. The molecular formula is C10H12BrNO3. The van der Waals surface area contributed by atoms with Gasteiger partial charge in [-0.2, -0.15) is 0 Å². The van der Waals surface area contributed by atoms with Gasteiger partial charge in [-0.25, -0.2) is 0 Å². The highest BCUT2D eigenvalue weighted by Gasteiger charge is 2.20. The van der Waals surface area contributed by atoms with E-state index in [1.165, 1.54) is 7.11 Å². The van der Waals surface area contributed by atoms with Gasteiger partial charge in [-0.05, 0) is 28.9 Å². The van der Waals surface area contributed by atoms with Crippen molar-refractivity contribution < 1.29 is 14.3 Å². The lowest BCUT2D eigenvalue weighted by atomic mass is 10.1. The second-order valence-electron chi connectivity index (χ2n) is 2.99. The maximum absolute atomic E-state index is 11.3. The fourth-order valence-electron chi connectivity index (χ4n) is 1.15. The Kier molecular flexibility index (Phi) is 4.08. The first-order valence-electron chi connectivity index (χ1n) is 4.37. The highest BCUT2D eigenvalue weighted by Crippen LogP contribution is 2.26. The Morgan fingerprint density at radius 1 is 1.53 bits per heavy atom. The van der Waals surface area contributed by atoms with Gasteiger partial charge in [0.25, 0.3) is 0 Å². The van der Waals surface area contributed by atoms with Crippen molar-refractivity contribution in [3.05, 3.63) is 22.4 Å². The van der Waals surface area contributed by atoms with Gasteiger partial charge in [0.1, 0.15) is 5.75 Å². The lowest BCUT2D eigenvalue weighted by molar-refractivity contribution is -0.142. The van der Waals surface area contributed by atoms with Gasteiger partial charge in [0, 0.05) is 4.47 Å². The standard InChI is InChI=1S/C10H12BrNO3/c1-6(10(13)15-3)9-8(11)4-7(14-2)5-12-9/h4-6H,1-3H3. The van der Waals surface area contributed by atoms with Crippen LogP contribution >= 0.6 is 15.9 Å². The van der Waals surface area contributed by atoms with Crippen LogP contribution in [0, 0.1) is 0 Å². The molecule has 5 heteroatoms. The number of halogens is 1. The number of aromatic nitrogens is 1. The minimum atomic E-state index is -0.393. The molecule has 0 saturated heterocycles. The summed E-state index contributed by atoms with van der Waals surface area (Å²) in [6.07, 6.45) is 1.57. The Labute approximate surface area is 96.7 Å². The molecule has 1 atom stereocenters. The molecule has 1 aromatic heterocycles. The van der Waals surface area contributed by atoms with E-state index in [-0.39, 0.29) is 5.97 Å². The first-order valence-corrected chi connectivity index (χ1v) is 5.16. The minimum absolute atomic E-state index is 0.312. The SMILES string of the molecule is COC(=O)C(C)c1ncc(OC)cc1Br. The Balaban J connectivity index is 3.00. The number of hydrogen-bond donors (Lipinski definition) is 0. The fourth-order valence-corrected chi connectivity index (χ4v) is 1.82. The molecule has 0 amide bonds. The van der Waals surface area contributed by atoms with Crippen molar-refractivity contribution in [2.24, 2.45) is 0 Å². The van der Waals surface area contributed by atoms with E-state index in [9.17, 15) is 4.79 Å². The lowest BCUT2D eigenvalue weighted by Gasteiger charge is -2.11. The molecule has 4 nitrogen and oxygen atoms in total. The van der Waals surface area contributed by atoms with Crippen LogP contribution in [0.25, 0.3) is 0 Å². The average molecular weight is 274 g/mol. The van der Waals surface area contributed by atoms with Crippen molar-refractivity contribution >= 4 is 21.9 Å². The highest BCUT2D eigenvalue weighted by atomic mass is 79.9. The van der Waals surface area contributed by atoms with Crippen LogP contribution in [0.3, 0.4) is 0 Å². The highest BCUT2D eigenvalue weighted by molar-refractivity contribution is 9.10. The monoisotopic (exact) mass is 273 g/mol. The summed E-state index contributed by atoms with van der Waals surface area (Å²) >= 11 is 3.34. The number of rotatable bonds is 3. The summed E-state index contributed by atoms with van der Waals surface area (Å²) in [6.45, 7) is 1.74. The van der Waals surface area contributed by atoms with Crippen molar-refractivity contribution in [1.29, 1.82) is 0 Å². The number of nitrogens with zero attached hydrogens (tertiary/aromatic N) is 1. The zero-order chi connectivity index (χ0) is 11.4. The summed E-state index contributed by atoms with van der Waals surface area (Å²) in [7, 11) is 2.92. The van der Waals surface area contributed by atoms with Gasteiger partial charge >= 0.3 is 5.97 Å². The van der Waals surface area contributed by atoms with Crippen LogP contribution in [-0.2, 0) is 9.53 Å². The number of methoxy groups -OCH3 is 2. The summed E-state index contributed by atoms with van der Waals surface area (Å²) in [5.41, 5.74) is 0.641. The molecule has 0 fully saturated rings. The van der Waals surface area contributed by atoms with Crippen LogP contribution < -0.4 is 4.74 Å². The normalized spacial score (nSPS) is 12.0. The second-order valence-corrected chi connectivity index (χ2v) is 3.84. The molecule has 0 aliphatic heterocycles. The molecule has 0 aliphatic rings. The molecule has 0 aromatic carbocycles. The Morgan fingerprint density at radius 2 is 2.20 bits per heavy atom. The Bertz CT molecular complexity index is 368. The maximum atomic E-state index is 11.3. The Morgan fingerprint density at radius 3 is 2.67 bits per heavy atom. The Hall–Kier alpha value is -1.10. The van der Waals surface area contributed by atoms with Crippen molar-refractivity contribution in [2.45, 2.75) is 12.8 Å². The third-order valence-corrected chi connectivity index (χ3v) is 2.68. The second kappa shape index (κ2) is 5.11. The molecule has 1 rings (SSSR count). The van der Waals surface area contributed by atoms with E-state index in [2.05, 4.69) is 25.7 Å². The van der Waals surface area contributed by atoms with Gasteiger partial charge in [-0.15, -0.1) is 0 Å². The molecule has 0 N–H and O–H groups in total. The number of carbonyl (C=O) groups is 1. The quantitative estimate of drug-likeness (QED) is 0.792. The fraction of sp³-hybridized carbons (Fsp3) is 0.400.